The highest BCUT2D eigenvalue weighted by atomic mass is 19.4. The first-order valence-corrected chi connectivity index (χ1v) is 8.35. The van der Waals surface area contributed by atoms with E-state index in [-0.39, 0.29) is 17.1 Å². The lowest BCUT2D eigenvalue weighted by Gasteiger charge is -2.14. The average Bonchev–Trinajstić information content (AvgIpc) is 2.90. The van der Waals surface area contributed by atoms with Gasteiger partial charge in [0.1, 0.15) is 11.3 Å². The third-order valence-corrected chi connectivity index (χ3v) is 4.09. The van der Waals surface area contributed by atoms with Gasteiger partial charge in [0, 0.05) is 18.7 Å². The second kappa shape index (κ2) is 7.58. The summed E-state index contributed by atoms with van der Waals surface area (Å²) in [7, 11) is 3.78. The van der Waals surface area contributed by atoms with Crippen LogP contribution in [0.3, 0.4) is 0 Å². The number of nitrogens with one attached hydrogen (secondary N) is 2. The number of likely N-dealkylation sites (N-methyl/N-ethyl adjacent to an activating group) is 1. The van der Waals surface area contributed by atoms with E-state index in [9.17, 15) is 22.4 Å². The molecular weight excluding hydrogens is 380 g/mol. The molecule has 11 heteroatoms. The van der Waals surface area contributed by atoms with Crippen molar-refractivity contribution in [2.45, 2.75) is 12.7 Å². The molecular formula is C17H18F4N6O. The maximum Gasteiger partial charge on any atom is 0.416 e. The van der Waals surface area contributed by atoms with E-state index in [1.165, 1.54) is 6.20 Å². The number of rotatable bonds is 6. The third kappa shape index (κ3) is 4.14. The first-order valence-electron chi connectivity index (χ1n) is 8.35. The predicted molar refractivity (Wildman–Crippen MR) is 95.7 cm³/mol. The number of aromatic amines is 1. The van der Waals surface area contributed by atoms with Gasteiger partial charge >= 0.3 is 11.9 Å². The fraction of sp³-hybridized carbons (Fsp3) is 0.353. The Morgan fingerprint density at radius 2 is 2.04 bits per heavy atom. The number of benzene rings is 1. The summed E-state index contributed by atoms with van der Waals surface area (Å²) in [5.41, 5.74) is -2.13. The maximum absolute atomic E-state index is 14.2. The van der Waals surface area contributed by atoms with Gasteiger partial charge in [0.2, 0.25) is 5.95 Å². The molecule has 28 heavy (non-hydrogen) atoms. The van der Waals surface area contributed by atoms with Gasteiger partial charge < -0.3 is 15.2 Å². The molecule has 150 valence electrons. The largest absolute Gasteiger partial charge is 0.416 e. The van der Waals surface area contributed by atoms with E-state index in [0.29, 0.717) is 13.1 Å². The molecule has 0 atom stereocenters. The number of H-pyrrole nitrogens is 1. The van der Waals surface area contributed by atoms with E-state index < -0.39 is 35.4 Å². The summed E-state index contributed by atoms with van der Waals surface area (Å²) >= 11 is 0. The highest BCUT2D eigenvalue weighted by Crippen LogP contribution is 2.33. The summed E-state index contributed by atoms with van der Waals surface area (Å²) in [6, 6.07) is 2.68. The van der Waals surface area contributed by atoms with Crippen molar-refractivity contribution in [1.29, 1.82) is 0 Å². The summed E-state index contributed by atoms with van der Waals surface area (Å²) in [5, 5.41) is 2.97. The Morgan fingerprint density at radius 3 is 2.71 bits per heavy atom. The Kier molecular flexibility index (Phi) is 5.36. The molecule has 0 aliphatic heterocycles. The number of alkyl halides is 3. The van der Waals surface area contributed by atoms with Crippen LogP contribution in [0.15, 0.2) is 29.2 Å². The minimum absolute atomic E-state index is 0.0868. The molecule has 0 saturated heterocycles. The zero-order valence-electron chi connectivity index (χ0n) is 15.1. The van der Waals surface area contributed by atoms with E-state index in [1.807, 2.05) is 19.0 Å². The zero-order valence-corrected chi connectivity index (χ0v) is 15.1. The van der Waals surface area contributed by atoms with Crippen LogP contribution in [-0.2, 0) is 12.7 Å². The minimum Gasteiger partial charge on any atom is -0.353 e. The van der Waals surface area contributed by atoms with Gasteiger partial charge in [-0.3, -0.25) is 4.57 Å². The van der Waals surface area contributed by atoms with Crippen LogP contribution in [0.2, 0.25) is 0 Å². The van der Waals surface area contributed by atoms with Crippen molar-refractivity contribution in [2.75, 3.05) is 32.5 Å². The minimum atomic E-state index is -4.75. The molecule has 3 aromatic rings. The van der Waals surface area contributed by atoms with Gasteiger partial charge in [0.25, 0.3) is 0 Å². The van der Waals surface area contributed by atoms with Crippen molar-refractivity contribution < 1.29 is 17.6 Å². The molecule has 0 bridgehead atoms. The quantitative estimate of drug-likeness (QED) is 0.623. The fourth-order valence-electron chi connectivity index (χ4n) is 2.71. The zero-order chi connectivity index (χ0) is 20.5. The van der Waals surface area contributed by atoms with Gasteiger partial charge in [-0.1, -0.05) is 6.07 Å². The molecule has 0 unspecified atom stereocenters. The molecule has 3 rings (SSSR count). The molecule has 0 spiro atoms. The number of anilines is 1. The number of nitrogens with zero attached hydrogens (tertiary/aromatic N) is 4. The molecule has 0 aliphatic carbocycles. The lowest BCUT2D eigenvalue weighted by molar-refractivity contribution is -0.138. The van der Waals surface area contributed by atoms with E-state index in [4.69, 9.17) is 0 Å². The normalized spacial score (nSPS) is 12.1. The van der Waals surface area contributed by atoms with Crippen molar-refractivity contribution in [3.05, 3.63) is 51.8 Å². The SMILES string of the molecule is CN(C)CCNc1ncc2[nH]c(=O)n(Cc3c(F)cccc3C(F)(F)F)c2n1. The molecule has 2 N–H and O–H groups in total. The molecule has 0 radical (unpaired) electrons. The van der Waals surface area contributed by atoms with Crippen LogP contribution in [0, 0.1) is 5.82 Å². The number of halogens is 4. The van der Waals surface area contributed by atoms with Crippen LogP contribution in [0.1, 0.15) is 11.1 Å². The maximum atomic E-state index is 14.2. The second-order valence-electron chi connectivity index (χ2n) is 6.44. The first kappa shape index (κ1) is 19.8. The van der Waals surface area contributed by atoms with Crippen LogP contribution < -0.4 is 11.0 Å². The fourth-order valence-corrected chi connectivity index (χ4v) is 2.71. The molecule has 0 aliphatic rings. The molecule has 1 aromatic carbocycles. The highest BCUT2D eigenvalue weighted by molar-refractivity contribution is 5.71. The Balaban J connectivity index is 2.00. The number of aromatic nitrogens is 4. The number of hydrogen-bond donors (Lipinski definition) is 2. The van der Waals surface area contributed by atoms with E-state index in [2.05, 4.69) is 20.3 Å². The van der Waals surface area contributed by atoms with Crippen molar-refractivity contribution in [2.24, 2.45) is 0 Å². The second-order valence-corrected chi connectivity index (χ2v) is 6.44. The van der Waals surface area contributed by atoms with Gasteiger partial charge in [-0.2, -0.15) is 18.2 Å². The van der Waals surface area contributed by atoms with Crippen LogP contribution >= 0.6 is 0 Å². The highest BCUT2D eigenvalue weighted by Gasteiger charge is 2.34. The summed E-state index contributed by atoms with van der Waals surface area (Å²) < 4.78 is 54.8. The monoisotopic (exact) mass is 398 g/mol. The molecule has 7 nitrogen and oxygen atoms in total. The van der Waals surface area contributed by atoms with E-state index in [0.717, 1.165) is 22.8 Å². The first-order chi connectivity index (χ1) is 13.2. The van der Waals surface area contributed by atoms with E-state index in [1.54, 1.807) is 0 Å². The van der Waals surface area contributed by atoms with Crippen molar-refractivity contribution in [1.82, 2.24) is 24.4 Å². The molecule has 0 amide bonds. The van der Waals surface area contributed by atoms with Gasteiger partial charge in [-0.05, 0) is 26.2 Å². The predicted octanol–water partition coefficient (Wildman–Crippen LogP) is 2.30. The Labute approximate surface area is 157 Å². The van der Waals surface area contributed by atoms with Crippen molar-refractivity contribution >= 4 is 17.1 Å². The summed E-state index contributed by atoms with van der Waals surface area (Å²) in [6.45, 7) is 0.610. The standard InChI is InChI=1S/C17H18F4N6O/c1-26(2)7-6-22-15-23-8-13-14(25-15)27(16(28)24-13)9-10-11(17(19,20)21)4-3-5-12(10)18/h3-5,8H,6-7,9H2,1-2H3,(H,24,28)(H,22,23,25). The number of imidazole rings is 1. The number of hydrogen-bond acceptors (Lipinski definition) is 5. The smallest absolute Gasteiger partial charge is 0.353 e. The average molecular weight is 398 g/mol. The van der Waals surface area contributed by atoms with Gasteiger partial charge in [-0.25, -0.2) is 14.2 Å². The van der Waals surface area contributed by atoms with Crippen molar-refractivity contribution in [3.63, 3.8) is 0 Å². The number of fused-ring (bicyclic) bond motifs is 1. The van der Waals surface area contributed by atoms with Crippen LogP contribution in [-0.4, -0.2) is 51.6 Å². The van der Waals surface area contributed by atoms with Gasteiger partial charge in [0.05, 0.1) is 18.3 Å². The van der Waals surface area contributed by atoms with Crippen LogP contribution in [0.25, 0.3) is 11.2 Å². The Morgan fingerprint density at radius 1 is 1.29 bits per heavy atom. The Bertz CT molecular complexity index is 1040. The Hall–Kier alpha value is -2.95. The summed E-state index contributed by atoms with van der Waals surface area (Å²) in [4.78, 5) is 24.9. The third-order valence-electron chi connectivity index (χ3n) is 4.09. The molecule has 2 aromatic heterocycles. The van der Waals surface area contributed by atoms with Gasteiger partial charge in [-0.15, -0.1) is 0 Å². The summed E-state index contributed by atoms with van der Waals surface area (Å²) in [5.74, 6) is -0.832. The van der Waals surface area contributed by atoms with Crippen LogP contribution in [0.5, 0.6) is 0 Å². The lowest BCUT2D eigenvalue weighted by Crippen LogP contribution is -2.22. The van der Waals surface area contributed by atoms with Gasteiger partial charge in [0.15, 0.2) is 5.65 Å². The molecule has 0 fully saturated rings. The van der Waals surface area contributed by atoms with Crippen molar-refractivity contribution in [3.8, 4) is 0 Å². The summed E-state index contributed by atoms with van der Waals surface area (Å²) in [6.07, 6.45) is -3.40. The van der Waals surface area contributed by atoms with Crippen LogP contribution in [0.4, 0.5) is 23.5 Å². The molecule has 0 saturated carbocycles. The lowest BCUT2D eigenvalue weighted by atomic mass is 10.1. The topological polar surface area (TPSA) is 78.8 Å². The molecule has 2 heterocycles. The van der Waals surface area contributed by atoms with E-state index >= 15 is 0 Å².